The minimum atomic E-state index is 0. The van der Waals surface area contributed by atoms with Crippen molar-refractivity contribution in [3.8, 4) is 0 Å². The molecule has 1 rings (SSSR count). The first kappa shape index (κ1) is 9.95. The summed E-state index contributed by atoms with van der Waals surface area (Å²) in [5, 5.41) is 0. The Labute approximate surface area is 75.6 Å². The molecule has 0 fully saturated rings. The Kier molecular flexibility index (Phi) is 4.69. The summed E-state index contributed by atoms with van der Waals surface area (Å²) in [7, 11) is 0. The Morgan fingerprint density at radius 1 is 1.30 bits per heavy atom. The van der Waals surface area contributed by atoms with Crippen LogP contribution in [0, 0.1) is 11.8 Å². The van der Waals surface area contributed by atoms with Crippen LogP contribution in [0.25, 0.3) is 0 Å². The average Bonchev–Trinajstić information content (AvgIpc) is 1.90. The van der Waals surface area contributed by atoms with Crippen molar-refractivity contribution in [3.05, 3.63) is 30.2 Å². The summed E-state index contributed by atoms with van der Waals surface area (Å²) >= 11 is 0. The molecule has 0 nitrogen and oxygen atoms in total. The van der Waals surface area contributed by atoms with E-state index in [4.69, 9.17) is 0 Å². The van der Waals surface area contributed by atoms with Gasteiger partial charge >= 0.3 is 18.9 Å². The third-order valence-electron chi connectivity index (χ3n) is 1.65. The van der Waals surface area contributed by atoms with Gasteiger partial charge in [0.25, 0.3) is 0 Å². The summed E-state index contributed by atoms with van der Waals surface area (Å²) in [6.45, 7) is 4.47. The zero-order chi connectivity index (χ0) is 6.69. The van der Waals surface area contributed by atoms with Gasteiger partial charge in [-0.25, -0.2) is 18.1 Å². The van der Waals surface area contributed by atoms with E-state index in [1.165, 1.54) is 5.92 Å². The van der Waals surface area contributed by atoms with Crippen LogP contribution in [0.5, 0.6) is 0 Å². The Morgan fingerprint density at radius 3 is 2.30 bits per heavy atom. The van der Waals surface area contributed by atoms with Crippen LogP contribution in [-0.4, -0.2) is 0 Å². The van der Waals surface area contributed by atoms with Crippen molar-refractivity contribution in [1.82, 2.24) is 0 Å². The predicted molar refractivity (Wildman–Crippen MR) is 41.0 cm³/mol. The largest absolute Gasteiger partial charge is 1.00 e. The third-order valence-corrected chi connectivity index (χ3v) is 1.65. The second-order valence-corrected chi connectivity index (χ2v) is 2.72. The maximum Gasteiger partial charge on any atom is 1.00 e. The summed E-state index contributed by atoms with van der Waals surface area (Å²) in [4.78, 5) is 0. The van der Waals surface area contributed by atoms with E-state index in [1.807, 2.05) is 0 Å². The van der Waals surface area contributed by atoms with Gasteiger partial charge in [0.2, 0.25) is 0 Å². The van der Waals surface area contributed by atoms with E-state index < -0.39 is 0 Å². The van der Waals surface area contributed by atoms with Crippen LogP contribution in [-0.2, 0) is 0 Å². The molecule has 0 unspecified atom stereocenters. The van der Waals surface area contributed by atoms with Crippen molar-refractivity contribution in [1.29, 1.82) is 0 Å². The number of allylic oxidation sites excluding steroid dienone is 4. The molecule has 0 aliphatic heterocycles. The molecule has 0 bridgehead atoms. The minimum Gasteiger partial charge on any atom is -0.225 e. The molecule has 0 aromatic carbocycles. The smallest absolute Gasteiger partial charge is 0.225 e. The first-order chi connectivity index (χ1) is 4.30. The monoisotopic (exact) mass is 128 g/mol. The standard InChI is InChI=1S/C9H13.Li/c1-8(2)9-6-4-3-5-7-9;/h3-6,8H,7H2,1-2H3;/q-1;+1. The number of rotatable bonds is 1. The van der Waals surface area contributed by atoms with Gasteiger partial charge in [-0.15, -0.1) is 12.2 Å². The first-order valence-electron chi connectivity index (χ1n) is 3.49. The van der Waals surface area contributed by atoms with Crippen LogP contribution < -0.4 is 18.9 Å². The summed E-state index contributed by atoms with van der Waals surface area (Å²) in [5.74, 6) is 2.25. The van der Waals surface area contributed by atoms with E-state index >= 15 is 0 Å². The zero-order valence-corrected chi connectivity index (χ0v) is 7.09. The number of hydrogen-bond donors (Lipinski definition) is 0. The van der Waals surface area contributed by atoms with Crippen LogP contribution in [0.1, 0.15) is 20.3 Å². The van der Waals surface area contributed by atoms with Crippen LogP contribution in [0.2, 0.25) is 0 Å². The number of hydrogen-bond acceptors (Lipinski definition) is 0. The van der Waals surface area contributed by atoms with Crippen molar-refractivity contribution in [2.45, 2.75) is 20.3 Å². The molecule has 0 amide bonds. The van der Waals surface area contributed by atoms with E-state index in [0.29, 0.717) is 5.92 Å². The van der Waals surface area contributed by atoms with Crippen LogP contribution >= 0.6 is 0 Å². The van der Waals surface area contributed by atoms with Crippen LogP contribution in [0.3, 0.4) is 0 Å². The molecule has 0 heterocycles. The fourth-order valence-corrected chi connectivity index (χ4v) is 0.958. The summed E-state index contributed by atoms with van der Waals surface area (Å²) in [5.41, 5.74) is 0. The average molecular weight is 128 g/mol. The Balaban J connectivity index is 0.000000810. The van der Waals surface area contributed by atoms with Gasteiger partial charge in [-0.3, -0.25) is 0 Å². The second kappa shape index (κ2) is 4.72. The third kappa shape index (κ3) is 2.69. The molecule has 1 aliphatic rings. The van der Waals surface area contributed by atoms with Gasteiger partial charge in [0.1, 0.15) is 0 Å². The van der Waals surface area contributed by atoms with E-state index in [-0.39, 0.29) is 18.9 Å². The molecule has 0 saturated heterocycles. The van der Waals surface area contributed by atoms with Crippen LogP contribution in [0.4, 0.5) is 0 Å². The van der Waals surface area contributed by atoms with Gasteiger partial charge in [-0.2, -0.15) is 0 Å². The van der Waals surface area contributed by atoms with Gasteiger partial charge < -0.3 is 0 Å². The van der Waals surface area contributed by atoms with E-state index in [9.17, 15) is 0 Å². The van der Waals surface area contributed by atoms with E-state index in [0.717, 1.165) is 6.42 Å². The van der Waals surface area contributed by atoms with Gasteiger partial charge in [-0.1, -0.05) is 26.2 Å². The Hall–Kier alpha value is -0.0526. The zero-order valence-electron chi connectivity index (χ0n) is 7.09. The summed E-state index contributed by atoms with van der Waals surface area (Å²) in [6, 6.07) is 0. The Morgan fingerprint density at radius 2 is 2.00 bits per heavy atom. The SMILES string of the molecule is CC(C)[C-]1C=CC=CC1.[Li+]. The molecular weight excluding hydrogens is 115 g/mol. The van der Waals surface area contributed by atoms with Crippen molar-refractivity contribution in [2.75, 3.05) is 0 Å². The first-order valence-corrected chi connectivity index (χ1v) is 3.49. The molecule has 50 valence electrons. The van der Waals surface area contributed by atoms with E-state index in [1.54, 1.807) is 0 Å². The molecule has 0 spiro atoms. The van der Waals surface area contributed by atoms with Crippen LogP contribution in [0.15, 0.2) is 24.3 Å². The van der Waals surface area contributed by atoms with Gasteiger partial charge in [-0.05, 0) is 0 Å². The normalized spacial score (nSPS) is 15.7. The molecule has 0 radical (unpaired) electrons. The molecule has 0 saturated carbocycles. The predicted octanol–water partition coefficient (Wildman–Crippen LogP) is -0.263. The summed E-state index contributed by atoms with van der Waals surface area (Å²) in [6.07, 6.45) is 9.78. The quantitative estimate of drug-likeness (QED) is 0.337. The van der Waals surface area contributed by atoms with Gasteiger partial charge in [0.05, 0.1) is 0 Å². The maximum atomic E-state index is 2.23. The maximum absolute atomic E-state index is 2.23. The molecule has 0 atom stereocenters. The molecule has 1 aliphatic carbocycles. The van der Waals surface area contributed by atoms with Crippen molar-refractivity contribution in [2.24, 2.45) is 5.92 Å². The summed E-state index contributed by atoms with van der Waals surface area (Å²) < 4.78 is 0. The van der Waals surface area contributed by atoms with Crippen molar-refractivity contribution >= 4 is 0 Å². The second-order valence-electron chi connectivity index (χ2n) is 2.72. The molecular formula is C9H13Li. The fraction of sp³-hybridized carbons (Fsp3) is 0.444. The van der Waals surface area contributed by atoms with Gasteiger partial charge in [0, 0.05) is 0 Å². The molecule has 0 aromatic heterocycles. The molecule has 0 N–H and O–H groups in total. The topological polar surface area (TPSA) is 0 Å². The van der Waals surface area contributed by atoms with Crippen molar-refractivity contribution < 1.29 is 18.9 Å². The Bertz CT molecular complexity index is 134. The molecule has 10 heavy (non-hydrogen) atoms. The van der Waals surface area contributed by atoms with Crippen molar-refractivity contribution in [3.63, 3.8) is 0 Å². The molecule has 1 heteroatoms. The van der Waals surface area contributed by atoms with Gasteiger partial charge in [0.15, 0.2) is 0 Å². The fourth-order valence-electron chi connectivity index (χ4n) is 0.958. The minimum absolute atomic E-state index is 0. The van der Waals surface area contributed by atoms with E-state index in [2.05, 4.69) is 38.2 Å². The molecule has 0 aromatic rings.